The van der Waals surface area contributed by atoms with Crippen LogP contribution in [0.1, 0.15) is 50.1 Å². The topological polar surface area (TPSA) is 42.2 Å². The Labute approximate surface area is 117 Å². The highest BCUT2D eigenvalue weighted by molar-refractivity contribution is 5.56. The molecule has 2 N–H and O–H groups in total. The zero-order valence-corrected chi connectivity index (χ0v) is 12.8. The van der Waals surface area contributed by atoms with Gasteiger partial charge in [0.15, 0.2) is 0 Å². The summed E-state index contributed by atoms with van der Waals surface area (Å²) in [4.78, 5) is 7.04. The van der Waals surface area contributed by atoms with Gasteiger partial charge in [-0.15, -0.1) is 0 Å². The molecule has 0 radical (unpaired) electrons. The van der Waals surface area contributed by atoms with Crippen molar-refractivity contribution in [3.63, 3.8) is 0 Å². The summed E-state index contributed by atoms with van der Waals surface area (Å²) < 4.78 is 0. The van der Waals surface area contributed by atoms with Gasteiger partial charge in [-0.3, -0.25) is 4.98 Å². The molecular formula is C16H27N3. The number of anilines is 1. The van der Waals surface area contributed by atoms with Crippen molar-refractivity contribution in [3.8, 4) is 0 Å². The minimum absolute atomic E-state index is 0.524. The number of hydrogen-bond donors (Lipinski definition) is 1. The highest BCUT2D eigenvalue weighted by Gasteiger charge is 2.29. The third-order valence-corrected chi connectivity index (χ3v) is 4.80. The van der Waals surface area contributed by atoms with Gasteiger partial charge < -0.3 is 10.6 Å². The van der Waals surface area contributed by atoms with Gasteiger partial charge in [-0.2, -0.15) is 0 Å². The van der Waals surface area contributed by atoms with Crippen LogP contribution in [0.25, 0.3) is 0 Å². The predicted molar refractivity (Wildman–Crippen MR) is 81.4 cm³/mol. The molecule has 1 saturated heterocycles. The predicted octanol–water partition coefficient (Wildman–Crippen LogP) is 3.17. The quantitative estimate of drug-likeness (QED) is 0.908. The molecule has 19 heavy (non-hydrogen) atoms. The van der Waals surface area contributed by atoms with E-state index in [1.54, 1.807) is 0 Å². The van der Waals surface area contributed by atoms with E-state index < -0.39 is 0 Å². The van der Waals surface area contributed by atoms with Gasteiger partial charge in [0.05, 0.1) is 0 Å². The summed E-state index contributed by atoms with van der Waals surface area (Å²) >= 11 is 0. The van der Waals surface area contributed by atoms with E-state index in [9.17, 15) is 0 Å². The molecule has 1 fully saturated rings. The fourth-order valence-corrected chi connectivity index (χ4v) is 3.01. The lowest BCUT2D eigenvalue weighted by molar-refractivity contribution is 0.238. The molecule has 3 nitrogen and oxygen atoms in total. The van der Waals surface area contributed by atoms with Crippen molar-refractivity contribution < 1.29 is 0 Å². The van der Waals surface area contributed by atoms with Gasteiger partial charge in [0.25, 0.3) is 0 Å². The summed E-state index contributed by atoms with van der Waals surface area (Å²) in [6.07, 6.45) is 3.82. The second-order valence-electron chi connectivity index (χ2n) is 6.20. The first kappa shape index (κ1) is 14.3. The smallest absolute Gasteiger partial charge is 0.0448 e. The molecular weight excluding hydrogens is 234 g/mol. The minimum atomic E-state index is 0.524. The van der Waals surface area contributed by atoms with E-state index in [-0.39, 0.29) is 0 Å². The molecule has 106 valence electrons. The van der Waals surface area contributed by atoms with E-state index in [0.29, 0.717) is 12.0 Å². The number of nitrogens with zero attached hydrogens (tertiary/aromatic N) is 2. The summed E-state index contributed by atoms with van der Waals surface area (Å²) in [5.41, 5.74) is 11.1. The second kappa shape index (κ2) is 5.49. The molecule has 0 saturated carbocycles. The maximum atomic E-state index is 5.92. The van der Waals surface area contributed by atoms with Crippen molar-refractivity contribution in [1.29, 1.82) is 0 Å². The van der Waals surface area contributed by atoms with Crippen molar-refractivity contribution in [3.05, 3.63) is 23.0 Å². The van der Waals surface area contributed by atoms with Gasteiger partial charge in [0.2, 0.25) is 0 Å². The monoisotopic (exact) mass is 261 g/mol. The molecule has 0 amide bonds. The normalized spacial score (nSPS) is 18.7. The maximum absolute atomic E-state index is 5.92. The lowest BCUT2D eigenvalue weighted by Gasteiger charge is -2.40. The van der Waals surface area contributed by atoms with Crippen LogP contribution < -0.4 is 10.6 Å². The van der Waals surface area contributed by atoms with E-state index in [4.69, 9.17) is 5.73 Å². The fourth-order valence-electron chi connectivity index (χ4n) is 3.01. The minimum Gasteiger partial charge on any atom is -0.371 e. The van der Waals surface area contributed by atoms with Crippen molar-refractivity contribution in [2.45, 2.75) is 53.5 Å². The van der Waals surface area contributed by atoms with E-state index in [1.807, 2.05) is 0 Å². The third kappa shape index (κ3) is 2.92. The summed E-state index contributed by atoms with van der Waals surface area (Å²) in [7, 11) is 0. The molecule has 0 spiro atoms. The van der Waals surface area contributed by atoms with Crippen LogP contribution in [-0.2, 0) is 6.54 Å². The molecule has 1 aromatic rings. The van der Waals surface area contributed by atoms with E-state index in [1.165, 1.54) is 30.5 Å². The molecule has 0 aromatic carbocycles. The zero-order chi connectivity index (χ0) is 14.0. The largest absolute Gasteiger partial charge is 0.371 e. The number of aryl methyl sites for hydroxylation is 2. The summed E-state index contributed by atoms with van der Waals surface area (Å²) in [5.74, 6) is 0. The van der Waals surface area contributed by atoms with Gasteiger partial charge in [-0.25, -0.2) is 0 Å². The lowest BCUT2D eigenvalue weighted by Crippen LogP contribution is -2.39. The molecule has 2 heterocycles. The Kier molecular flexibility index (Phi) is 4.14. The highest BCUT2D eigenvalue weighted by Crippen LogP contribution is 2.36. The van der Waals surface area contributed by atoms with Gasteiger partial charge in [-0.05, 0) is 38.2 Å². The third-order valence-electron chi connectivity index (χ3n) is 4.80. The Morgan fingerprint density at radius 2 is 1.95 bits per heavy atom. The van der Waals surface area contributed by atoms with E-state index in [2.05, 4.69) is 43.6 Å². The number of pyridine rings is 1. The van der Waals surface area contributed by atoms with Gasteiger partial charge in [0.1, 0.15) is 0 Å². The molecule has 1 aliphatic heterocycles. The lowest BCUT2D eigenvalue weighted by atomic mass is 9.78. The fraction of sp³-hybridized carbons (Fsp3) is 0.688. The Hall–Kier alpha value is -1.09. The van der Waals surface area contributed by atoms with Crippen molar-refractivity contribution >= 4 is 5.69 Å². The molecule has 0 aliphatic carbocycles. The number of rotatable bonds is 3. The Morgan fingerprint density at radius 1 is 1.32 bits per heavy atom. The van der Waals surface area contributed by atoms with Crippen LogP contribution in [0.15, 0.2) is 6.07 Å². The summed E-state index contributed by atoms with van der Waals surface area (Å²) in [6, 6.07) is 2.20. The highest BCUT2D eigenvalue weighted by atomic mass is 15.1. The first-order chi connectivity index (χ1) is 8.99. The van der Waals surface area contributed by atoms with Crippen LogP contribution in [0.4, 0.5) is 5.69 Å². The van der Waals surface area contributed by atoms with E-state index >= 15 is 0 Å². The molecule has 2 rings (SSSR count). The van der Waals surface area contributed by atoms with Crippen LogP contribution in [-0.4, -0.2) is 18.1 Å². The molecule has 3 heteroatoms. The van der Waals surface area contributed by atoms with Crippen LogP contribution in [0.2, 0.25) is 0 Å². The van der Waals surface area contributed by atoms with Crippen LogP contribution in [0.3, 0.4) is 0 Å². The molecule has 0 bridgehead atoms. The first-order valence-corrected chi connectivity index (χ1v) is 7.41. The van der Waals surface area contributed by atoms with Crippen LogP contribution in [0, 0.1) is 19.3 Å². The Bertz CT molecular complexity index is 446. The number of piperidine rings is 1. The molecule has 1 aliphatic rings. The number of hydrogen-bond acceptors (Lipinski definition) is 3. The Balaban J connectivity index is 2.24. The van der Waals surface area contributed by atoms with Crippen LogP contribution in [0.5, 0.6) is 0 Å². The van der Waals surface area contributed by atoms with Gasteiger partial charge in [0, 0.05) is 42.3 Å². The molecule has 0 unspecified atom stereocenters. The average Bonchev–Trinajstić information content (AvgIpc) is 2.39. The molecule has 1 aromatic heterocycles. The van der Waals surface area contributed by atoms with Crippen molar-refractivity contribution in [1.82, 2.24) is 4.98 Å². The first-order valence-electron chi connectivity index (χ1n) is 7.41. The summed E-state index contributed by atoms with van der Waals surface area (Å²) in [6.45, 7) is 11.7. The number of aromatic nitrogens is 1. The second-order valence-corrected chi connectivity index (χ2v) is 6.20. The molecule has 0 atom stereocenters. The SMILES string of the molecule is CCC1(C)CCN(c2cc(C)nc(C)c2CN)CC1. The maximum Gasteiger partial charge on any atom is 0.0448 e. The zero-order valence-electron chi connectivity index (χ0n) is 12.8. The van der Waals surface area contributed by atoms with Crippen LogP contribution >= 0.6 is 0 Å². The van der Waals surface area contributed by atoms with E-state index in [0.717, 1.165) is 24.5 Å². The average molecular weight is 261 g/mol. The standard InChI is InChI=1S/C16H27N3/c1-5-16(4)6-8-19(9-7-16)15-10-12(2)18-13(3)14(15)11-17/h10H,5-9,11,17H2,1-4H3. The van der Waals surface area contributed by atoms with Gasteiger partial charge >= 0.3 is 0 Å². The van der Waals surface area contributed by atoms with Crippen molar-refractivity contribution in [2.75, 3.05) is 18.0 Å². The number of nitrogens with two attached hydrogens (primary N) is 1. The van der Waals surface area contributed by atoms with Crippen molar-refractivity contribution in [2.24, 2.45) is 11.1 Å². The summed E-state index contributed by atoms with van der Waals surface area (Å²) in [5, 5.41) is 0. The Morgan fingerprint density at radius 3 is 2.47 bits per heavy atom. The van der Waals surface area contributed by atoms with Gasteiger partial charge in [-0.1, -0.05) is 20.3 Å².